The van der Waals surface area contributed by atoms with Crippen molar-refractivity contribution in [2.75, 3.05) is 40.6 Å². The number of esters is 2. The van der Waals surface area contributed by atoms with Crippen LogP contribution in [-0.4, -0.2) is 96.0 Å². The maximum absolute atomic E-state index is 14.0. The van der Waals surface area contributed by atoms with Crippen molar-refractivity contribution in [3.63, 3.8) is 0 Å². The van der Waals surface area contributed by atoms with Gasteiger partial charge < -0.3 is 54.4 Å². The monoisotopic (exact) mass is 1240 g/mol. The summed E-state index contributed by atoms with van der Waals surface area (Å²) in [6, 6.07) is 24.4. The van der Waals surface area contributed by atoms with Gasteiger partial charge in [0.25, 0.3) is 0 Å². The van der Waals surface area contributed by atoms with Gasteiger partial charge in [-0.25, -0.2) is 33.1 Å². The summed E-state index contributed by atoms with van der Waals surface area (Å²) < 4.78 is 64.5. The fraction of sp³-hybridized carbons (Fsp3) is 0.400. The zero-order chi connectivity index (χ0) is 64.8. The zero-order valence-electron chi connectivity index (χ0n) is 51.2. The van der Waals surface area contributed by atoms with Crippen molar-refractivity contribution in [3.8, 4) is 45.5 Å². The number of pyridine rings is 2. The van der Waals surface area contributed by atoms with Crippen molar-refractivity contribution in [1.82, 2.24) is 15.3 Å². The van der Waals surface area contributed by atoms with Gasteiger partial charge in [-0.1, -0.05) is 23.2 Å². The van der Waals surface area contributed by atoms with Gasteiger partial charge in [0.05, 0.1) is 65.8 Å². The smallest absolute Gasteiger partial charge is 0.408 e. The minimum Gasteiger partial charge on any atom is -0.493 e. The molecule has 18 nitrogen and oxygen atoms in total. The molecule has 4 aromatic carbocycles. The number of nitrogens with two attached hydrogens (primary N) is 1. The number of rotatable bonds is 25. The maximum Gasteiger partial charge on any atom is 0.408 e. The molecule has 468 valence electrons. The van der Waals surface area contributed by atoms with E-state index in [1.165, 1.54) is 75.7 Å². The number of carbonyl (C=O) groups excluding carboxylic acids is 5. The van der Waals surface area contributed by atoms with E-state index >= 15 is 0 Å². The van der Waals surface area contributed by atoms with Crippen molar-refractivity contribution in [3.05, 3.63) is 152 Å². The largest absolute Gasteiger partial charge is 0.493 e. The molecule has 0 radical (unpaired) electrons. The molecule has 2 unspecified atom stereocenters. The Morgan fingerprint density at radius 1 is 0.563 bits per heavy atom. The van der Waals surface area contributed by atoms with Gasteiger partial charge in [-0.15, -0.1) is 0 Å². The molecular weight excluding hydrogens is 1170 g/mol. The van der Waals surface area contributed by atoms with Crippen molar-refractivity contribution < 1.29 is 76.1 Å². The molecule has 0 aliphatic rings. The number of benzene rings is 4. The van der Waals surface area contributed by atoms with Crippen LogP contribution in [0.5, 0.6) is 23.0 Å². The van der Waals surface area contributed by atoms with Gasteiger partial charge in [-0.2, -0.15) is 0 Å². The molecule has 6 rings (SSSR count). The van der Waals surface area contributed by atoms with Gasteiger partial charge in [0.2, 0.25) is 0 Å². The number of nitrogens with zero attached hydrogens (tertiary/aromatic N) is 2. The van der Waals surface area contributed by atoms with E-state index in [0.717, 1.165) is 0 Å². The van der Waals surface area contributed by atoms with E-state index in [1.54, 1.807) is 97.9 Å². The number of hydrogen-bond donors (Lipinski definition) is 4. The average Bonchev–Trinajstić information content (AvgIpc) is 2.05. The fourth-order valence-corrected chi connectivity index (χ4v) is 8.80. The molecule has 2 atom stereocenters. The van der Waals surface area contributed by atoms with Gasteiger partial charge in [-0.05, 0) is 197 Å². The SMILES string of the molecule is CCOC(=O)COc1ccc(C(=O)CCC(C)(O)c2cc(C(C)(C)N)cc(-c3ccc(F)c(Cl)c3)n2)cc1OC.CCOC(=O)COc1ccc(C(=O)CCC(C)(O)c2cc(C(C)(C)NC(=O)OC(C)(C)C)cc(-c3ccc(F)c(Cl)c3)n2)cc1OC. The summed E-state index contributed by atoms with van der Waals surface area (Å²) in [5.74, 6) is -1.64. The molecule has 0 fully saturated rings. The number of alkyl carbamates (subject to hydrolysis) is 1. The third kappa shape index (κ3) is 20.2. The molecule has 22 heteroatoms. The first-order chi connectivity index (χ1) is 40.6. The number of amides is 1. The zero-order valence-corrected chi connectivity index (χ0v) is 52.7. The first kappa shape index (κ1) is 70.0. The van der Waals surface area contributed by atoms with Crippen LogP contribution < -0.4 is 30.0 Å². The molecule has 87 heavy (non-hydrogen) atoms. The molecule has 6 aromatic rings. The maximum atomic E-state index is 14.0. The first-order valence-corrected chi connectivity index (χ1v) is 28.6. The van der Waals surface area contributed by atoms with Crippen LogP contribution >= 0.6 is 23.2 Å². The summed E-state index contributed by atoms with van der Waals surface area (Å²) in [7, 11) is 2.84. The molecule has 5 N–H and O–H groups in total. The van der Waals surface area contributed by atoms with Crippen LogP contribution in [0.25, 0.3) is 22.5 Å². The van der Waals surface area contributed by atoms with Crippen molar-refractivity contribution in [2.45, 2.75) is 130 Å². The Bertz CT molecular complexity index is 3450. The van der Waals surface area contributed by atoms with Gasteiger partial charge in [0.1, 0.15) is 28.4 Å². The number of halogens is 4. The molecule has 2 heterocycles. The average molecular weight is 1250 g/mol. The van der Waals surface area contributed by atoms with Crippen molar-refractivity contribution >= 4 is 52.8 Å². The number of carbonyl (C=O) groups is 5. The molecule has 2 aromatic heterocycles. The molecule has 1 amide bonds. The highest BCUT2D eigenvalue weighted by Gasteiger charge is 2.33. The highest BCUT2D eigenvalue weighted by atomic mass is 35.5. The molecule has 0 bridgehead atoms. The molecule has 0 saturated heterocycles. The van der Waals surface area contributed by atoms with Crippen LogP contribution in [0.4, 0.5) is 13.6 Å². The predicted octanol–water partition coefficient (Wildman–Crippen LogP) is 12.7. The number of aromatic nitrogens is 2. The number of aliphatic hydroxyl groups is 2. The van der Waals surface area contributed by atoms with Crippen molar-refractivity contribution in [1.29, 1.82) is 0 Å². The highest BCUT2D eigenvalue weighted by molar-refractivity contribution is 6.31. The van der Waals surface area contributed by atoms with Crippen LogP contribution in [0.15, 0.2) is 97.1 Å². The Hall–Kier alpha value is -7.75. The Balaban J connectivity index is 0.000000321. The lowest BCUT2D eigenvalue weighted by molar-refractivity contribution is -0.146. The van der Waals surface area contributed by atoms with Crippen LogP contribution in [-0.2, 0) is 46.1 Å². The minimum absolute atomic E-state index is 0.00514. The minimum atomic E-state index is -1.61. The van der Waals surface area contributed by atoms with Crippen LogP contribution in [0.2, 0.25) is 10.0 Å². The van der Waals surface area contributed by atoms with E-state index in [9.17, 15) is 43.0 Å². The number of ether oxygens (including phenoxy) is 7. The second kappa shape index (κ2) is 29.8. The van der Waals surface area contributed by atoms with Crippen LogP contribution in [0.3, 0.4) is 0 Å². The molecule has 0 aliphatic carbocycles. The lowest BCUT2D eigenvalue weighted by Gasteiger charge is -2.31. The second-order valence-corrected chi connectivity index (χ2v) is 23.6. The highest BCUT2D eigenvalue weighted by Crippen LogP contribution is 2.37. The summed E-state index contributed by atoms with van der Waals surface area (Å²) in [4.78, 5) is 71.6. The molecule has 0 saturated carbocycles. The Morgan fingerprint density at radius 2 is 0.966 bits per heavy atom. The van der Waals surface area contributed by atoms with E-state index in [0.29, 0.717) is 50.5 Å². The van der Waals surface area contributed by atoms with Crippen molar-refractivity contribution in [2.24, 2.45) is 5.73 Å². The standard InChI is InChI=1S/C35H42ClFN2O8.C30H34ClFN2O6/c1-9-45-31(41)20-46-28-13-11-22(17-29(28)44-8)27(40)14-15-35(7,43)30-19-23(34(5,6)39-32(42)47-33(2,3)4)18-26(38-30)21-10-12-25(37)24(36)16-21;1-6-39-28(36)17-40-25-10-8-19(14-26(25)38-5)24(35)11-12-30(4,37)27-16-20(29(2,3)33)15-23(34-27)18-7-9-22(32)21(31)13-18/h10-13,16-19,43H,9,14-15,20H2,1-8H3,(H,39,42);7-10,13-16,37H,6,11-12,17,33H2,1-5H3. The lowest BCUT2D eigenvalue weighted by atomic mass is 9.87. The number of nitrogens with one attached hydrogen (secondary N) is 1. The molecule has 0 aliphatic heterocycles. The second-order valence-electron chi connectivity index (χ2n) is 22.8. The number of hydrogen-bond acceptors (Lipinski definition) is 17. The fourth-order valence-electron chi connectivity index (χ4n) is 8.44. The summed E-state index contributed by atoms with van der Waals surface area (Å²) in [5, 5.41) is 25.8. The quantitative estimate of drug-likeness (QED) is 0.0236. The Labute approximate surface area is 515 Å². The lowest BCUT2D eigenvalue weighted by Crippen LogP contribution is -2.44. The Kier molecular flexibility index (Phi) is 24.0. The third-order valence-electron chi connectivity index (χ3n) is 13.4. The first-order valence-electron chi connectivity index (χ1n) is 27.8. The Morgan fingerprint density at radius 3 is 1.33 bits per heavy atom. The van der Waals surface area contributed by atoms with Crippen LogP contribution in [0.1, 0.15) is 145 Å². The number of ketones is 2. The summed E-state index contributed by atoms with van der Waals surface area (Å²) >= 11 is 12.1. The molecular formula is C65H76Cl2F2N4O14. The summed E-state index contributed by atoms with van der Waals surface area (Å²) in [6.45, 7) is 18.8. The summed E-state index contributed by atoms with van der Waals surface area (Å²) in [5.41, 5.74) is 5.09. The number of Topliss-reactive ketones (excluding diaryl/α,β-unsaturated/α-hetero) is 2. The predicted molar refractivity (Wildman–Crippen MR) is 325 cm³/mol. The van der Waals surface area contributed by atoms with E-state index in [-0.39, 0.29) is 102 Å². The normalized spacial score (nSPS) is 12.9. The third-order valence-corrected chi connectivity index (χ3v) is 14.0. The topological polar surface area (TPSA) is 254 Å². The molecule has 0 spiro atoms. The number of methoxy groups -OCH3 is 2. The van der Waals surface area contributed by atoms with E-state index in [2.05, 4.69) is 15.3 Å². The van der Waals surface area contributed by atoms with E-state index < -0.39 is 57.5 Å². The van der Waals surface area contributed by atoms with Gasteiger partial charge in [-0.3, -0.25) is 9.59 Å². The van der Waals surface area contributed by atoms with E-state index in [1.807, 2.05) is 13.8 Å². The van der Waals surface area contributed by atoms with Gasteiger partial charge >= 0.3 is 18.0 Å². The van der Waals surface area contributed by atoms with Gasteiger partial charge in [0.15, 0.2) is 47.8 Å². The van der Waals surface area contributed by atoms with Gasteiger partial charge in [0, 0.05) is 40.6 Å². The van der Waals surface area contributed by atoms with Crippen LogP contribution in [0, 0.1) is 11.6 Å². The summed E-state index contributed by atoms with van der Waals surface area (Å²) in [6.07, 6.45) is -0.676. The van der Waals surface area contributed by atoms with E-state index in [4.69, 9.17) is 62.1 Å².